The van der Waals surface area contributed by atoms with Crippen molar-refractivity contribution < 1.29 is 9.90 Å². The second kappa shape index (κ2) is 4.74. The molecule has 0 fully saturated rings. The van der Waals surface area contributed by atoms with Crippen LogP contribution in [-0.2, 0) is 11.2 Å². The first-order valence-electron chi connectivity index (χ1n) is 6.04. The molecule has 0 saturated heterocycles. The lowest BCUT2D eigenvalue weighted by atomic mass is 9.83. The molecule has 90 valence electrons. The number of carbonyl (C=O) groups is 1. The Morgan fingerprint density at radius 3 is 2.88 bits per heavy atom. The summed E-state index contributed by atoms with van der Waals surface area (Å²) in [6.07, 6.45) is 2.53. The number of carboxylic acids is 1. The van der Waals surface area contributed by atoms with Gasteiger partial charge in [0.25, 0.3) is 0 Å². The van der Waals surface area contributed by atoms with Gasteiger partial charge in [-0.1, -0.05) is 29.8 Å². The SMILES string of the molecule is C=C(C)CC(C(=O)O)C1CCc2ccccc21. The topological polar surface area (TPSA) is 37.3 Å². The van der Waals surface area contributed by atoms with Crippen LogP contribution in [0.15, 0.2) is 36.4 Å². The van der Waals surface area contributed by atoms with Crippen molar-refractivity contribution >= 4 is 5.97 Å². The lowest BCUT2D eigenvalue weighted by Crippen LogP contribution is -2.21. The van der Waals surface area contributed by atoms with Crippen LogP contribution in [0, 0.1) is 5.92 Å². The van der Waals surface area contributed by atoms with Crippen molar-refractivity contribution in [3.63, 3.8) is 0 Å². The predicted octanol–water partition coefficient (Wildman–Crippen LogP) is 3.38. The molecule has 1 aromatic carbocycles. The average molecular weight is 230 g/mol. The van der Waals surface area contributed by atoms with Crippen LogP contribution in [0.1, 0.15) is 36.8 Å². The fourth-order valence-corrected chi connectivity index (χ4v) is 2.79. The van der Waals surface area contributed by atoms with Crippen LogP contribution in [0.5, 0.6) is 0 Å². The molecule has 1 aromatic rings. The van der Waals surface area contributed by atoms with Crippen LogP contribution in [0.3, 0.4) is 0 Å². The second-order valence-electron chi connectivity index (χ2n) is 4.95. The smallest absolute Gasteiger partial charge is 0.307 e. The first-order chi connectivity index (χ1) is 8.09. The van der Waals surface area contributed by atoms with Crippen molar-refractivity contribution in [2.75, 3.05) is 0 Å². The molecule has 1 N–H and O–H groups in total. The number of aliphatic carboxylic acids is 1. The standard InChI is InChI=1S/C15H18O2/c1-10(2)9-14(15(16)17)13-8-7-11-5-3-4-6-12(11)13/h3-6,13-14H,1,7-9H2,2H3,(H,16,17). The molecule has 2 unspecified atom stereocenters. The van der Waals surface area contributed by atoms with Gasteiger partial charge < -0.3 is 5.11 Å². The first kappa shape index (κ1) is 11.9. The Balaban J connectivity index is 2.27. The van der Waals surface area contributed by atoms with Gasteiger partial charge in [0.1, 0.15) is 0 Å². The lowest BCUT2D eigenvalue weighted by molar-refractivity contribution is -0.142. The van der Waals surface area contributed by atoms with Crippen molar-refractivity contribution in [2.45, 2.75) is 32.1 Å². The van der Waals surface area contributed by atoms with Gasteiger partial charge in [-0.15, -0.1) is 6.58 Å². The lowest BCUT2D eigenvalue weighted by Gasteiger charge is -2.20. The third-order valence-corrected chi connectivity index (χ3v) is 3.55. The van der Waals surface area contributed by atoms with Gasteiger partial charge >= 0.3 is 5.97 Å². The van der Waals surface area contributed by atoms with Gasteiger partial charge in [-0.3, -0.25) is 4.79 Å². The minimum absolute atomic E-state index is 0.153. The van der Waals surface area contributed by atoms with Gasteiger partial charge in [0.2, 0.25) is 0 Å². The van der Waals surface area contributed by atoms with E-state index in [4.69, 9.17) is 0 Å². The third-order valence-electron chi connectivity index (χ3n) is 3.55. The summed E-state index contributed by atoms with van der Waals surface area (Å²) in [7, 11) is 0. The number of carboxylic acid groups (broad SMARTS) is 1. The van der Waals surface area contributed by atoms with Crippen LogP contribution < -0.4 is 0 Å². The minimum atomic E-state index is -0.699. The van der Waals surface area contributed by atoms with E-state index >= 15 is 0 Å². The molecule has 0 bridgehead atoms. The Hall–Kier alpha value is -1.57. The van der Waals surface area contributed by atoms with E-state index in [-0.39, 0.29) is 11.8 Å². The van der Waals surface area contributed by atoms with Gasteiger partial charge in [0.05, 0.1) is 5.92 Å². The molecule has 0 heterocycles. The summed E-state index contributed by atoms with van der Waals surface area (Å²) in [6.45, 7) is 5.74. The van der Waals surface area contributed by atoms with E-state index in [1.165, 1.54) is 11.1 Å². The summed E-state index contributed by atoms with van der Waals surface area (Å²) in [5, 5.41) is 9.37. The van der Waals surface area contributed by atoms with E-state index in [2.05, 4.69) is 18.7 Å². The number of hydrogen-bond donors (Lipinski definition) is 1. The fourth-order valence-electron chi connectivity index (χ4n) is 2.79. The number of fused-ring (bicyclic) bond motifs is 1. The summed E-state index contributed by atoms with van der Waals surface area (Å²) in [6, 6.07) is 8.20. The van der Waals surface area contributed by atoms with Crippen molar-refractivity contribution in [1.82, 2.24) is 0 Å². The summed E-state index contributed by atoms with van der Waals surface area (Å²) in [4.78, 5) is 11.4. The van der Waals surface area contributed by atoms with E-state index in [0.717, 1.165) is 18.4 Å². The number of allylic oxidation sites excluding steroid dienone is 1. The predicted molar refractivity (Wildman–Crippen MR) is 68.1 cm³/mol. The quantitative estimate of drug-likeness (QED) is 0.805. The van der Waals surface area contributed by atoms with Crippen molar-refractivity contribution in [3.05, 3.63) is 47.5 Å². The normalized spacial score (nSPS) is 19.7. The molecule has 2 nitrogen and oxygen atoms in total. The van der Waals surface area contributed by atoms with E-state index in [0.29, 0.717) is 6.42 Å². The molecule has 0 radical (unpaired) electrons. The zero-order valence-corrected chi connectivity index (χ0v) is 10.1. The monoisotopic (exact) mass is 230 g/mol. The summed E-state index contributed by atoms with van der Waals surface area (Å²) < 4.78 is 0. The Bertz CT molecular complexity index is 448. The van der Waals surface area contributed by atoms with E-state index in [1.807, 2.05) is 19.1 Å². The molecule has 0 aromatic heterocycles. The maximum atomic E-state index is 11.4. The number of benzene rings is 1. The van der Waals surface area contributed by atoms with Gasteiger partial charge in [0, 0.05) is 0 Å². The van der Waals surface area contributed by atoms with Crippen LogP contribution in [0.2, 0.25) is 0 Å². The van der Waals surface area contributed by atoms with Crippen LogP contribution in [0.25, 0.3) is 0 Å². The highest BCUT2D eigenvalue weighted by molar-refractivity contribution is 5.72. The summed E-state index contributed by atoms with van der Waals surface area (Å²) >= 11 is 0. The molecule has 0 amide bonds. The zero-order valence-electron chi connectivity index (χ0n) is 10.1. The molecule has 2 atom stereocenters. The van der Waals surface area contributed by atoms with Crippen LogP contribution in [-0.4, -0.2) is 11.1 Å². The molecule has 1 aliphatic carbocycles. The highest BCUT2D eigenvalue weighted by Gasteiger charge is 2.33. The third kappa shape index (κ3) is 2.41. The molecule has 17 heavy (non-hydrogen) atoms. The maximum absolute atomic E-state index is 11.4. The largest absolute Gasteiger partial charge is 0.481 e. The van der Waals surface area contributed by atoms with E-state index < -0.39 is 5.97 Å². The number of rotatable bonds is 4. The summed E-state index contributed by atoms with van der Waals surface area (Å²) in [5.41, 5.74) is 3.48. The molecular weight excluding hydrogens is 212 g/mol. The van der Waals surface area contributed by atoms with E-state index in [9.17, 15) is 9.90 Å². The number of hydrogen-bond acceptors (Lipinski definition) is 1. The fraction of sp³-hybridized carbons (Fsp3) is 0.400. The number of aryl methyl sites for hydroxylation is 1. The van der Waals surface area contributed by atoms with Crippen molar-refractivity contribution in [3.8, 4) is 0 Å². The Kier molecular flexibility index (Phi) is 3.32. The van der Waals surface area contributed by atoms with Gasteiger partial charge in [-0.25, -0.2) is 0 Å². The maximum Gasteiger partial charge on any atom is 0.307 e. The van der Waals surface area contributed by atoms with Crippen LogP contribution in [0.4, 0.5) is 0 Å². The molecule has 1 aliphatic rings. The molecule has 0 saturated carbocycles. The van der Waals surface area contributed by atoms with E-state index in [1.54, 1.807) is 0 Å². The molecule has 2 heteroatoms. The second-order valence-corrected chi connectivity index (χ2v) is 4.95. The summed E-state index contributed by atoms with van der Waals surface area (Å²) in [5.74, 6) is -0.869. The van der Waals surface area contributed by atoms with Gasteiger partial charge in [-0.2, -0.15) is 0 Å². The highest BCUT2D eigenvalue weighted by atomic mass is 16.4. The molecule has 2 rings (SSSR count). The van der Waals surface area contributed by atoms with Crippen LogP contribution >= 0.6 is 0 Å². The van der Waals surface area contributed by atoms with Gasteiger partial charge in [0.15, 0.2) is 0 Å². The van der Waals surface area contributed by atoms with Crippen molar-refractivity contribution in [2.24, 2.45) is 5.92 Å². The zero-order chi connectivity index (χ0) is 12.4. The van der Waals surface area contributed by atoms with Gasteiger partial charge in [-0.05, 0) is 43.2 Å². The average Bonchev–Trinajstić information content (AvgIpc) is 2.69. The Labute approximate surface area is 102 Å². The molecular formula is C15H18O2. The molecule has 0 spiro atoms. The van der Waals surface area contributed by atoms with Crippen molar-refractivity contribution in [1.29, 1.82) is 0 Å². The first-order valence-corrected chi connectivity index (χ1v) is 6.04. The minimum Gasteiger partial charge on any atom is -0.481 e. The Morgan fingerprint density at radius 1 is 1.53 bits per heavy atom. The Morgan fingerprint density at radius 2 is 2.24 bits per heavy atom. The molecule has 0 aliphatic heterocycles. The highest BCUT2D eigenvalue weighted by Crippen LogP contribution is 2.40.